The van der Waals surface area contributed by atoms with Crippen molar-refractivity contribution in [1.82, 2.24) is 4.90 Å². The Morgan fingerprint density at radius 1 is 1.47 bits per heavy atom. The van der Waals surface area contributed by atoms with Crippen LogP contribution in [0.5, 0.6) is 0 Å². The lowest BCUT2D eigenvalue weighted by Crippen LogP contribution is -2.53. The monoisotopic (exact) mass is 243 g/mol. The maximum absolute atomic E-state index is 12.2. The third-order valence-corrected chi connectivity index (χ3v) is 3.62. The van der Waals surface area contributed by atoms with Crippen molar-refractivity contribution in [3.8, 4) is 0 Å². The van der Waals surface area contributed by atoms with E-state index in [-0.39, 0.29) is 17.9 Å². The van der Waals surface area contributed by atoms with Crippen LogP contribution in [-0.2, 0) is 14.3 Å². The van der Waals surface area contributed by atoms with Gasteiger partial charge in [-0.3, -0.25) is 4.79 Å². The van der Waals surface area contributed by atoms with E-state index in [9.17, 15) is 9.59 Å². The predicted octanol–water partition coefficient (Wildman–Crippen LogP) is 1.12. The minimum absolute atomic E-state index is 0.0745. The Bertz CT molecular complexity index is 314. The third kappa shape index (κ3) is 2.60. The van der Waals surface area contributed by atoms with Crippen LogP contribution in [0.2, 0.25) is 0 Å². The molecule has 0 aliphatic carbocycles. The zero-order valence-electron chi connectivity index (χ0n) is 10.9. The average molecular weight is 243 g/mol. The van der Waals surface area contributed by atoms with Crippen LogP contribution in [0.15, 0.2) is 0 Å². The van der Waals surface area contributed by atoms with Gasteiger partial charge in [-0.25, -0.2) is 4.79 Å². The number of ether oxygens (including phenoxy) is 1. The fourth-order valence-corrected chi connectivity index (χ4v) is 2.00. The summed E-state index contributed by atoms with van der Waals surface area (Å²) in [6, 6.07) is 0. The number of carboxylic acids is 1. The molecule has 0 spiro atoms. The quantitative estimate of drug-likeness (QED) is 0.803. The number of rotatable bonds is 4. The first kappa shape index (κ1) is 14.0. The van der Waals surface area contributed by atoms with E-state index < -0.39 is 11.5 Å². The fraction of sp³-hybridized carbons (Fsp3) is 0.833. The summed E-state index contributed by atoms with van der Waals surface area (Å²) in [6.45, 7) is 5.61. The van der Waals surface area contributed by atoms with E-state index in [1.165, 1.54) is 18.7 Å². The highest BCUT2D eigenvalue weighted by atomic mass is 16.5. The topological polar surface area (TPSA) is 66.8 Å². The Labute approximate surface area is 102 Å². The van der Waals surface area contributed by atoms with Crippen molar-refractivity contribution < 1.29 is 19.4 Å². The van der Waals surface area contributed by atoms with Gasteiger partial charge in [-0.1, -0.05) is 6.92 Å². The van der Waals surface area contributed by atoms with Gasteiger partial charge in [-0.2, -0.15) is 0 Å². The Morgan fingerprint density at radius 3 is 2.53 bits per heavy atom. The second-order valence-corrected chi connectivity index (χ2v) is 4.97. The highest BCUT2D eigenvalue weighted by Gasteiger charge is 2.41. The van der Waals surface area contributed by atoms with Gasteiger partial charge in [0.15, 0.2) is 0 Å². The van der Waals surface area contributed by atoms with Gasteiger partial charge in [-0.15, -0.1) is 0 Å². The molecule has 1 aliphatic rings. The molecule has 1 fully saturated rings. The van der Waals surface area contributed by atoms with E-state index in [0.29, 0.717) is 13.0 Å². The van der Waals surface area contributed by atoms with Gasteiger partial charge in [0.1, 0.15) is 5.54 Å². The Morgan fingerprint density at radius 2 is 2.06 bits per heavy atom. The fourth-order valence-electron chi connectivity index (χ4n) is 2.00. The van der Waals surface area contributed by atoms with Gasteiger partial charge in [0, 0.05) is 13.7 Å². The van der Waals surface area contributed by atoms with Gasteiger partial charge < -0.3 is 14.7 Å². The van der Waals surface area contributed by atoms with Crippen LogP contribution in [-0.4, -0.2) is 47.2 Å². The first-order chi connectivity index (χ1) is 7.82. The molecule has 1 N–H and O–H groups in total. The molecular formula is C12H21NO4. The van der Waals surface area contributed by atoms with E-state index in [4.69, 9.17) is 9.84 Å². The molecule has 1 heterocycles. The molecule has 0 radical (unpaired) electrons. The molecule has 2 unspecified atom stereocenters. The van der Waals surface area contributed by atoms with Crippen molar-refractivity contribution in [2.75, 3.05) is 13.7 Å². The average Bonchev–Trinajstić information content (AvgIpc) is 2.74. The van der Waals surface area contributed by atoms with Crippen LogP contribution in [0.4, 0.5) is 0 Å². The lowest BCUT2D eigenvalue weighted by molar-refractivity contribution is -0.157. The summed E-state index contributed by atoms with van der Waals surface area (Å²) in [5.74, 6) is -1.34. The van der Waals surface area contributed by atoms with Gasteiger partial charge in [-0.05, 0) is 26.7 Å². The maximum atomic E-state index is 12.2. The van der Waals surface area contributed by atoms with Gasteiger partial charge in [0.25, 0.3) is 0 Å². The third-order valence-electron chi connectivity index (χ3n) is 3.62. The number of carboxylic acid groups (broad SMARTS) is 1. The number of aliphatic carboxylic acids is 1. The van der Waals surface area contributed by atoms with Gasteiger partial charge >= 0.3 is 5.97 Å². The summed E-state index contributed by atoms with van der Waals surface area (Å²) in [7, 11) is 1.54. The van der Waals surface area contributed by atoms with Crippen LogP contribution >= 0.6 is 0 Å². The summed E-state index contributed by atoms with van der Waals surface area (Å²) in [5.41, 5.74) is -1.18. The molecule has 5 heteroatoms. The molecule has 1 aliphatic heterocycles. The molecule has 0 bridgehead atoms. The number of hydrogen-bond donors (Lipinski definition) is 1. The summed E-state index contributed by atoms with van der Waals surface area (Å²) in [6.07, 6.45) is 1.38. The molecule has 98 valence electrons. The smallest absolute Gasteiger partial charge is 0.329 e. The summed E-state index contributed by atoms with van der Waals surface area (Å²) in [5, 5.41) is 9.10. The summed E-state index contributed by atoms with van der Waals surface area (Å²) >= 11 is 0. The number of hydrogen-bond acceptors (Lipinski definition) is 3. The second kappa shape index (κ2) is 5.04. The van der Waals surface area contributed by atoms with Crippen molar-refractivity contribution in [3.63, 3.8) is 0 Å². The first-order valence-corrected chi connectivity index (χ1v) is 5.95. The zero-order valence-corrected chi connectivity index (χ0v) is 10.9. The second-order valence-electron chi connectivity index (χ2n) is 4.97. The normalized spacial score (nSPS) is 24.7. The summed E-state index contributed by atoms with van der Waals surface area (Å²) < 4.78 is 5.46. The van der Waals surface area contributed by atoms with E-state index in [1.807, 2.05) is 6.92 Å². The molecule has 17 heavy (non-hydrogen) atoms. The van der Waals surface area contributed by atoms with Gasteiger partial charge in [0.05, 0.1) is 12.0 Å². The molecule has 0 aromatic rings. The SMILES string of the molecule is CCC1OCCC1C(=O)N(C)C(C)(C)C(=O)O. The molecule has 1 rings (SSSR count). The maximum Gasteiger partial charge on any atom is 0.329 e. The number of carbonyl (C=O) groups excluding carboxylic acids is 1. The highest BCUT2D eigenvalue weighted by Crippen LogP contribution is 2.27. The van der Waals surface area contributed by atoms with Crippen molar-refractivity contribution in [3.05, 3.63) is 0 Å². The highest BCUT2D eigenvalue weighted by molar-refractivity contribution is 5.87. The van der Waals surface area contributed by atoms with Crippen LogP contribution in [0.1, 0.15) is 33.6 Å². The van der Waals surface area contributed by atoms with Crippen LogP contribution in [0, 0.1) is 5.92 Å². The first-order valence-electron chi connectivity index (χ1n) is 5.95. The number of nitrogens with zero attached hydrogens (tertiary/aromatic N) is 1. The number of likely N-dealkylation sites (N-methyl/N-ethyl adjacent to an activating group) is 1. The zero-order chi connectivity index (χ0) is 13.2. The van der Waals surface area contributed by atoms with E-state index in [0.717, 1.165) is 6.42 Å². The van der Waals surface area contributed by atoms with Crippen LogP contribution < -0.4 is 0 Å². The Hall–Kier alpha value is -1.10. The van der Waals surface area contributed by atoms with Crippen molar-refractivity contribution in [1.29, 1.82) is 0 Å². The van der Waals surface area contributed by atoms with Crippen LogP contribution in [0.3, 0.4) is 0 Å². The lowest BCUT2D eigenvalue weighted by Gasteiger charge is -2.34. The number of amides is 1. The van der Waals surface area contributed by atoms with E-state index >= 15 is 0 Å². The van der Waals surface area contributed by atoms with E-state index in [1.54, 1.807) is 7.05 Å². The molecule has 0 aromatic carbocycles. The van der Waals surface area contributed by atoms with E-state index in [2.05, 4.69) is 0 Å². The molecule has 1 saturated heterocycles. The molecule has 1 amide bonds. The minimum atomic E-state index is -1.18. The summed E-state index contributed by atoms with van der Waals surface area (Å²) in [4.78, 5) is 24.7. The molecule has 2 atom stereocenters. The number of carbonyl (C=O) groups is 2. The Balaban J connectivity index is 2.79. The Kier molecular flexibility index (Phi) is 4.14. The van der Waals surface area contributed by atoms with Crippen molar-refractivity contribution in [2.24, 2.45) is 5.92 Å². The minimum Gasteiger partial charge on any atom is -0.480 e. The predicted molar refractivity (Wildman–Crippen MR) is 62.6 cm³/mol. The van der Waals surface area contributed by atoms with Crippen molar-refractivity contribution in [2.45, 2.75) is 45.3 Å². The molecule has 5 nitrogen and oxygen atoms in total. The standard InChI is InChI=1S/C12H21NO4/c1-5-9-8(6-7-17-9)10(14)13(4)12(2,3)11(15)16/h8-9H,5-7H2,1-4H3,(H,15,16). The lowest BCUT2D eigenvalue weighted by atomic mass is 9.95. The molecule has 0 saturated carbocycles. The van der Waals surface area contributed by atoms with Crippen molar-refractivity contribution >= 4 is 11.9 Å². The largest absolute Gasteiger partial charge is 0.480 e. The van der Waals surface area contributed by atoms with Gasteiger partial charge in [0.2, 0.25) is 5.91 Å². The van der Waals surface area contributed by atoms with Crippen LogP contribution in [0.25, 0.3) is 0 Å². The molecule has 0 aromatic heterocycles. The molecular weight excluding hydrogens is 222 g/mol.